The minimum atomic E-state index is -3.04. The molecule has 3 aromatic rings. The summed E-state index contributed by atoms with van der Waals surface area (Å²) in [4.78, 5) is 27.9. The fraction of sp³-hybridized carbons (Fsp3) is 0.308. The Morgan fingerprint density at radius 2 is 2.00 bits per heavy atom. The molecule has 0 saturated carbocycles. The Kier molecular flexibility index (Phi) is 7.12. The first-order valence-electron chi connectivity index (χ1n) is 11.6. The van der Waals surface area contributed by atoms with Crippen LogP contribution in [-0.2, 0) is 12.5 Å². The van der Waals surface area contributed by atoms with Gasteiger partial charge in [-0.15, -0.1) is 0 Å². The molecular formula is C26H25F2N5O3. The van der Waals surface area contributed by atoms with Gasteiger partial charge in [0, 0.05) is 30.0 Å². The van der Waals surface area contributed by atoms with Gasteiger partial charge < -0.3 is 15.3 Å². The Bertz CT molecular complexity index is 1310. The van der Waals surface area contributed by atoms with E-state index in [-0.39, 0.29) is 42.3 Å². The summed E-state index contributed by atoms with van der Waals surface area (Å²) in [6.07, 6.45) is 1.45. The number of hydrogen-bond donors (Lipinski definition) is 2. The maximum Gasteiger partial charge on any atom is 0.277 e. The number of unbranched alkanes of at least 4 members (excludes halogenated alkanes) is 1. The van der Waals surface area contributed by atoms with Gasteiger partial charge in [0.25, 0.3) is 17.7 Å². The van der Waals surface area contributed by atoms with Crippen LogP contribution < -0.4 is 10.2 Å². The lowest BCUT2D eigenvalue weighted by Gasteiger charge is -2.34. The van der Waals surface area contributed by atoms with Crippen LogP contribution in [0.15, 0.2) is 54.7 Å². The van der Waals surface area contributed by atoms with Crippen molar-refractivity contribution in [3.63, 3.8) is 0 Å². The number of aliphatic hydroxyl groups is 1. The number of alkyl halides is 2. The van der Waals surface area contributed by atoms with Crippen LogP contribution >= 0.6 is 0 Å². The minimum absolute atomic E-state index is 0.0753. The molecule has 10 heteroatoms. The van der Waals surface area contributed by atoms with Crippen LogP contribution in [0.2, 0.25) is 0 Å². The van der Waals surface area contributed by atoms with Gasteiger partial charge >= 0.3 is 0 Å². The second-order valence-corrected chi connectivity index (χ2v) is 8.69. The van der Waals surface area contributed by atoms with E-state index in [1.165, 1.54) is 46.1 Å². The van der Waals surface area contributed by atoms with E-state index in [0.29, 0.717) is 29.9 Å². The SMILES string of the molecule is C[C@H]1Cn2ncc(C(=O)Nc3cccc(C#N)c3)c2C(=O)N1c1ccc(C(F)(F)CCCCO)cc1. The normalized spacial score (nSPS) is 15.4. The Balaban J connectivity index is 1.57. The fourth-order valence-electron chi connectivity index (χ4n) is 4.27. The molecule has 1 aliphatic rings. The molecule has 1 aromatic heterocycles. The van der Waals surface area contributed by atoms with Gasteiger partial charge in [0.15, 0.2) is 0 Å². The average Bonchev–Trinajstić information content (AvgIpc) is 3.29. The van der Waals surface area contributed by atoms with Crippen molar-refractivity contribution in [3.05, 3.63) is 77.1 Å². The highest BCUT2D eigenvalue weighted by Gasteiger charge is 2.36. The maximum absolute atomic E-state index is 14.5. The minimum Gasteiger partial charge on any atom is -0.396 e. The highest BCUT2D eigenvalue weighted by atomic mass is 19.3. The maximum atomic E-state index is 14.5. The highest BCUT2D eigenvalue weighted by Crippen LogP contribution is 2.35. The summed E-state index contributed by atoms with van der Waals surface area (Å²) in [7, 11) is 0. The first kappa shape index (κ1) is 25.0. The number of nitrogens with zero attached hydrogens (tertiary/aromatic N) is 4. The lowest BCUT2D eigenvalue weighted by atomic mass is 10.0. The zero-order valence-corrected chi connectivity index (χ0v) is 19.6. The van der Waals surface area contributed by atoms with E-state index < -0.39 is 17.7 Å². The average molecular weight is 494 g/mol. The molecule has 2 aromatic carbocycles. The number of aromatic nitrogens is 2. The Morgan fingerprint density at radius 1 is 1.25 bits per heavy atom. The number of carbonyl (C=O) groups excluding carboxylic acids is 2. The molecule has 186 valence electrons. The summed E-state index contributed by atoms with van der Waals surface area (Å²) < 4.78 is 30.5. The predicted molar refractivity (Wildman–Crippen MR) is 129 cm³/mol. The first-order valence-corrected chi connectivity index (χ1v) is 11.6. The molecule has 8 nitrogen and oxygen atoms in total. The molecule has 0 unspecified atom stereocenters. The van der Waals surface area contributed by atoms with E-state index in [2.05, 4.69) is 10.4 Å². The number of halogens is 2. The van der Waals surface area contributed by atoms with Crippen molar-refractivity contribution in [2.45, 2.75) is 44.7 Å². The van der Waals surface area contributed by atoms with Crippen molar-refractivity contribution in [2.75, 3.05) is 16.8 Å². The van der Waals surface area contributed by atoms with Gasteiger partial charge in [0.1, 0.15) is 5.69 Å². The molecule has 0 fully saturated rings. The van der Waals surface area contributed by atoms with Crippen molar-refractivity contribution in [2.24, 2.45) is 0 Å². The lowest BCUT2D eigenvalue weighted by molar-refractivity contribution is -0.0165. The number of rotatable bonds is 8. The summed E-state index contributed by atoms with van der Waals surface area (Å²) in [5, 5.41) is 24.8. The van der Waals surface area contributed by atoms with Gasteiger partial charge in [-0.3, -0.25) is 14.3 Å². The molecule has 0 bridgehead atoms. The van der Waals surface area contributed by atoms with E-state index in [1.807, 2.05) is 13.0 Å². The van der Waals surface area contributed by atoms with Crippen LogP contribution in [0.4, 0.5) is 20.2 Å². The van der Waals surface area contributed by atoms with Crippen LogP contribution in [0.25, 0.3) is 0 Å². The summed E-state index contributed by atoms with van der Waals surface area (Å²) in [6, 6.07) is 13.6. The van der Waals surface area contributed by atoms with Gasteiger partial charge in [-0.05, 0) is 50.1 Å². The van der Waals surface area contributed by atoms with Crippen LogP contribution in [0.3, 0.4) is 0 Å². The quantitative estimate of drug-likeness (QED) is 0.454. The van der Waals surface area contributed by atoms with Crippen LogP contribution in [0, 0.1) is 11.3 Å². The molecule has 2 N–H and O–H groups in total. The van der Waals surface area contributed by atoms with Crippen LogP contribution in [0.5, 0.6) is 0 Å². The van der Waals surface area contributed by atoms with Crippen LogP contribution in [-0.4, -0.2) is 39.4 Å². The third-order valence-corrected chi connectivity index (χ3v) is 6.10. The van der Waals surface area contributed by atoms with Crippen molar-refractivity contribution >= 4 is 23.2 Å². The predicted octanol–water partition coefficient (Wildman–Crippen LogP) is 4.31. The number of hydrogen-bond acceptors (Lipinski definition) is 5. The van der Waals surface area contributed by atoms with E-state index in [0.717, 1.165) is 0 Å². The highest BCUT2D eigenvalue weighted by molar-refractivity contribution is 6.15. The third kappa shape index (κ3) is 4.97. The standard InChI is InChI=1S/C26H25F2N5O3/c1-17-16-32-23(22(15-30-32)24(35)31-20-6-4-5-18(13-20)14-29)25(36)33(17)21-9-7-19(8-10-21)26(27,28)11-2-3-12-34/h4-10,13,15,17,34H,2-3,11-12,16H2,1H3,(H,31,35)/t17-/m0/s1. The Morgan fingerprint density at radius 3 is 2.69 bits per heavy atom. The van der Waals surface area contributed by atoms with Gasteiger partial charge in [-0.2, -0.15) is 10.4 Å². The van der Waals surface area contributed by atoms with E-state index in [9.17, 15) is 18.4 Å². The topological polar surface area (TPSA) is 111 Å². The molecular weight excluding hydrogens is 468 g/mol. The molecule has 1 atom stereocenters. The summed E-state index contributed by atoms with van der Waals surface area (Å²) >= 11 is 0. The number of amides is 2. The van der Waals surface area contributed by atoms with Gasteiger partial charge in [-0.25, -0.2) is 8.78 Å². The number of carbonyl (C=O) groups is 2. The lowest BCUT2D eigenvalue weighted by Crippen LogP contribution is -2.47. The fourth-order valence-corrected chi connectivity index (χ4v) is 4.27. The second-order valence-electron chi connectivity index (χ2n) is 8.69. The van der Waals surface area contributed by atoms with Crippen molar-refractivity contribution in [3.8, 4) is 6.07 Å². The number of nitriles is 1. The molecule has 0 radical (unpaired) electrons. The van der Waals surface area contributed by atoms with Gasteiger partial charge in [0.05, 0.1) is 36.0 Å². The molecule has 2 heterocycles. The Hall–Kier alpha value is -4.10. The smallest absolute Gasteiger partial charge is 0.277 e. The number of benzene rings is 2. The summed E-state index contributed by atoms with van der Waals surface area (Å²) in [5.41, 5.74) is 1.23. The number of aliphatic hydroxyl groups excluding tert-OH is 1. The van der Waals surface area contributed by atoms with Crippen molar-refractivity contribution in [1.82, 2.24) is 9.78 Å². The molecule has 2 amide bonds. The molecule has 4 rings (SSSR count). The molecule has 36 heavy (non-hydrogen) atoms. The van der Waals surface area contributed by atoms with E-state index in [1.54, 1.807) is 18.2 Å². The third-order valence-electron chi connectivity index (χ3n) is 6.10. The molecule has 0 spiro atoms. The van der Waals surface area contributed by atoms with E-state index in [4.69, 9.17) is 10.4 Å². The Labute approximate surface area is 206 Å². The largest absolute Gasteiger partial charge is 0.396 e. The number of nitrogens with one attached hydrogen (secondary N) is 1. The monoisotopic (exact) mass is 493 g/mol. The van der Waals surface area contributed by atoms with Crippen LogP contribution in [0.1, 0.15) is 58.2 Å². The van der Waals surface area contributed by atoms with E-state index >= 15 is 0 Å². The second kappa shape index (κ2) is 10.3. The summed E-state index contributed by atoms with van der Waals surface area (Å²) in [5.74, 6) is -4.06. The van der Waals surface area contributed by atoms with Crippen molar-refractivity contribution < 1.29 is 23.5 Å². The van der Waals surface area contributed by atoms with Gasteiger partial charge in [-0.1, -0.05) is 18.2 Å². The van der Waals surface area contributed by atoms with Gasteiger partial charge in [0.2, 0.25) is 0 Å². The summed E-state index contributed by atoms with van der Waals surface area (Å²) in [6.45, 7) is 2.00. The molecule has 1 aliphatic heterocycles. The zero-order chi connectivity index (χ0) is 25.9. The number of fused-ring (bicyclic) bond motifs is 1. The first-order chi connectivity index (χ1) is 17.2. The van der Waals surface area contributed by atoms with Crippen molar-refractivity contribution in [1.29, 1.82) is 5.26 Å². The number of anilines is 2. The molecule has 0 aliphatic carbocycles. The molecule has 0 saturated heterocycles. The zero-order valence-electron chi connectivity index (χ0n) is 19.6.